The van der Waals surface area contributed by atoms with Crippen LogP contribution in [-0.4, -0.2) is 37.9 Å². The molecule has 0 aliphatic carbocycles. The average Bonchev–Trinajstić information content (AvgIpc) is 3.27. The number of esters is 2. The third-order valence-electron chi connectivity index (χ3n) is 11.5. The molecule has 0 aliphatic heterocycles. The van der Waals surface area contributed by atoms with Crippen molar-refractivity contribution in [2.75, 3.05) is 19.8 Å². The van der Waals surface area contributed by atoms with Crippen LogP contribution in [0.3, 0.4) is 0 Å². The first kappa shape index (κ1) is 59.6. The first-order valence-corrected chi connectivity index (χ1v) is 26.8. The predicted molar refractivity (Wildman–Crippen MR) is 270 cm³/mol. The molecule has 0 fully saturated rings. The van der Waals surface area contributed by atoms with Gasteiger partial charge in [0.2, 0.25) is 0 Å². The van der Waals surface area contributed by atoms with Crippen molar-refractivity contribution < 1.29 is 23.8 Å². The van der Waals surface area contributed by atoms with E-state index in [-0.39, 0.29) is 25.2 Å². The fourth-order valence-electron chi connectivity index (χ4n) is 7.56. The topological polar surface area (TPSA) is 61.8 Å². The molecular weight excluding hydrogens is 765 g/mol. The molecule has 0 saturated carbocycles. The van der Waals surface area contributed by atoms with Gasteiger partial charge in [0.15, 0.2) is 6.10 Å². The van der Waals surface area contributed by atoms with Gasteiger partial charge in [0.25, 0.3) is 0 Å². The Morgan fingerprint density at radius 3 is 1.23 bits per heavy atom. The molecule has 0 radical (unpaired) electrons. The van der Waals surface area contributed by atoms with E-state index in [1.54, 1.807) is 0 Å². The van der Waals surface area contributed by atoms with Crippen LogP contribution in [0.1, 0.15) is 265 Å². The van der Waals surface area contributed by atoms with Crippen LogP contribution >= 0.6 is 0 Å². The maximum atomic E-state index is 12.8. The molecule has 0 spiro atoms. The molecule has 0 aliphatic rings. The third-order valence-corrected chi connectivity index (χ3v) is 11.5. The van der Waals surface area contributed by atoms with Gasteiger partial charge in [0, 0.05) is 19.4 Å². The molecular formula is C57H102O5. The number of hydrogen-bond acceptors (Lipinski definition) is 5. The van der Waals surface area contributed by atoms with Gasteiger partial charge in [-0.05, 0) is 77.0 Å². The second-order valence-electron chi connectivity index (χ2n) is 17.8. The Labute approximate surface area is 385 Å². The summed E-state index contributed by atoms with van der Waals surface area (Å²) in [6.07, 6.45) is 66.6. The largest absolute Gasteiger partial charge is 0.462 e. The predicted octanol–water partition coefficient (Wildman–Crippen LogP) is 18.1. The summed E-state index contributed by atoms with van der Waals surface area (Å²) in [7, 11) is 0. The summed E-state index contributed by atoms with van der Waals surface area (Å²) < 4.78 is 17.4. The molecule has 5 nitrogen and oxygen atoms in total. The van der Waals surface area contributed by atoms with E-state index in [2.05, 4.69) is 81.5 Å². The molecule has 0 heterocycles. The van der Waals surface area contributed by atoms with E-state index in [1.165, 1.54) is 148 Å². The zero-order valence-electron chi connectivity index (χ0n) is 41.4. The van der Waals surface area contributed by atoms with E-state index in [4.69, 9.17) is 14.2 Å². The fraction of sp³-hybridized carbons (Fsp3) is 0.789. The van der Waals surface area contributed by atoms with E-state index in [1.807, 2.05) is 0 Å². The highest BCUT2D eigenvalue weighted by molar-refractivity contribution is 5.70. The molecule has 0 saturated heterocycles. The first-order chi connectivity index (χ1) is 30.6. The van der Waals surface area contributed by atoms with Crippen LogP contribution in [0.25, 0.3) is 0 Å². The summed E-state index contributed by atoms with van der Waals surface area (Å²) in [5, 5.41) is 0. The quantitative estimate of drug-likeness (QED) is 0.0346. The summed E-state index contributed by atoms with van der Waals surface area (Å²) in [5.74, 6) is -0.411. The SMILES string of the molecule is CC/C=C\C/C=C\C/C=C\CCCCCCCCOCC(COC(=O)CCCCCCCCCCCCCCCCCCC)OC(=O)CCCCCCC/C=C\C/C=C\CCC. The lowest BCUT2D eigenvalue weighted by atomic mass is 10.0. The Hall–Kier alpha value is -2.40. The lowest BCUT2D eigenvalue weighted by Gasteiger charge is -2.18. The Kier molecular flexibility index (Phi) is 50.9. The van der Waals surface area contributed by atoms with Gasteiger partial charge in [0.05, 0.1) is 6.61 Å². The van der Waals surface area contributed by atoms with Crippen molar-refractivity contribution in [1.29, 1.82) is 0 Å². The van der Waals surface area contributed by atoms with Gasteiger partial charge in [-0.1, -0.05) is 236 Å². The van der Waals surface area contributed by atoms with Gasteiger partial charge in [-0.15, -0.1) is 0 Å². The minimum atomic E-state index is -0.549. The summed E-state index contributed by atoms with van der Waals surface area (Å²) in [6.45, 7) is 7.64. The molecule has 1 unspecified atom stereocenters. The molecule has 62 heavy (non-hydrogen) atoms. The maximum absolute atomic E-state index is 12.8. The standard InChI is InChI=1S/C57H102O5/c1-4-7-10-13-16-19-22-25-27-29-30-33-35-38-41-44-47-50-56(58)61-54-55(62-57(59)51-48-45-42-39-36-32-24-21-18-15-12-9-6-3)53-60-52-49-46-43-40-37-34-31-28-26-23-20-17-14-11-8-5-2/h8,11-12,15,17,20-21,24,26,28,55H,4-7,9-10,13-14,16,18-19,22-23,25,27,29-54H2,1-3H3/b11-8-,15-12-,20-17-,24-21-,28-26-. The third kappa shape index (κ3) is 50.2. The lowest BCUT2D eigenvalue weighted by Crippen LogP contribution is -2.30. The molecule has 0 aromatic rings. The number of ether oxygens (including phenoxy) is 3. The first-order valence-electron chi connectivity index (χ1n) is 26.8. The van der Waals surface area contributed by atoms with Crippen LogP contribution in [0.5, 0.6) is 0 Å². The zero-order chi connectivity index (χ0) is 44.9. The Bertz CT molecular complexity index is 1070. The smallest absolute Gasteiger partial charge is 0.306 e. The van der Waals surface area contributed by atoms with Gasteiger partial charge >= 0.3 is 11.9 Å². The van der Waals surface area contributed by atoms with Gasteiger partial charge in [-0.2, -0.15) is 0 Å². The molecule has 360 valence electrons. The summed E-state index contributed by atoms with van der Waals surface area (Å²) in [6, 6.07) is 0. The Morgan fingerprint density at radius 2 is 0.758 bits per heavy atom. The Balaban J connectivity index is 4.26. The van der Waals surface area contributed by atoms with Gasteiger partial charge in [0.1, 0.15) is 6.61 Å². The van der Waals surface area contributed by atoms with Crippen molar-refractivity contribution in [3.8, 4) is 0 Å². The zero-order valence-corrected chi connectivity index (χ0v) is 41.4. The molecule has 0 rings (SSSR count). The minimum absolute atomic E-state index is 0.0759. The molecule has 1 atom stereocenters. The number of hydrogen-bond donors (Lipinski definition) is 0. The monoisotopic (exact) mass is 867 g/mol. The fourth-order valence-corrected chi connectivity index (χ4v) is 7.56. The highest BCUT2D eigenvalue weighted by Gasteiger charge is 2.17. The van der Waals surface area contributed by atoms with Crippen LogP contribution in [-0.2, 0) is 23.8 Å². The van der Waals surface area contributed by atoms with Crippen molar-refractivity contribution in [2.24, 2.45) is 0 Å². The normalized spacial score (nSPS) is 12.6. The van der Waals surface area contributed by atoms with Crippen LogP contribution in [0.4, 0.5) is 0 Å². The van der Waals surface area contributed by atoms with Crippen LogP contribution < -0.4 is 0 Å². The average molecular weight is 867 g/mol. The lowest BCUT2D eigenvalue weighted by molar-refractivity contribution is -0.163. The van der Waals surface area contributed by atoms with E-state index < -0.39 is 6.10 Å². The van der Waals surface area contributed by atoms with Gasteiger partial charge in [-0.25, -0.2) is 0 Å². The van der Waals surface area contributed by atoms with E-state index in [0.29, 0.717) is 19.4 Å². The van der Waals surface area contributed by atoms with Gasteiger partial charge in [-0.3, -0.25) is 9.59 Å². The molecule has 0 aromatic heterocycles. The van der Waals surface area contributed by atoms with E-state index in [0.717, 1.165) is 83.5 Å². The number of allylic oxidation sites excluding steroid dienone is 10. The second-order valence-corrected chi connectivity index (χ2v) is 17.8. The van der Waals surface area contributed by atoms with E-state index >= 15 is 0 Å². The van der Waals surface area contributed by atoms with Crippen molar-refractivity contribution >= 4 is 11.9 Å². The molecule has 0 bridgehead atoms. The second kappa shape index (κ2) is 52.9. The van der Waals surface area contributed by atoms with Crippen LogP contribution in [0.2, 0.25) is 0 Å². The van der Waals surface area contributed by atoms with Crippen molar-refractivity contribution in [1.82, 2.24) is 0 Å². The number of rotatable bonds is 49. The summed E-state index contributed by atoms with van der Waals surface area (Å²) in [5.41, 5.74) is 0. The molecule has 5 heteroatoms. The van der Waals surface area contributed by atoms with E-state index in [9.17, 15) is 9.59 Å². The summed E-state index contributed by atoms with van der Waals surface area (Å²) in [4.78, 5) is 25.4. The van der Waals surface area contributed by atoms with Crippen molar-refractivity contribution in [3.63, 3.8) is 0 Å². The molecule has 0 aromatic carbocycles. The minimum Gasteiger partial charge on any atom is -0.462 e. The number of unbranched alkanes of at least 4 members (excludes halogenated alkanes) is 28. The van der Waals surface area contributed by atoms with Gasteiger partial charge < -0.3 is 14.2 Å². The summed E-state index contributed by atoms with van der Waals surface area (Å²) >= 11 is 0. The van der Waals surface area contributed by atoms with Crippen LogP contribution in [0.15, 0.2) is 60.8 Å². The number of carbonyl (C=O) groups excluding carboxylic acids is 2. The van der Waals surface area contributed by atoms with Crippen molar-refractivity contribution in [3.05, 3.63) is 60.8 Å². The number of carbonyl (C=O) groups is 2. The Morgan fingerprint density at radius 1 is 0.371 bits per heavy atom. The molecule has 0 N–H and O–H groups in total. The maximum Gasteiger partial charge on any atom is 0.306 e. The highest BCUT2D eigenvalue weighted by Crippen LogP contribution is 2.16. The van der Waals surface area contributed by atoms with Crippen LogP contribution in [0, 0.1) is 0 Å². The van der Waals surface area contributed by atoms with Crippen molar-refractivity contribution in [2.45, 2.75) is 271 Å². The molecule has 0 amide bonds. The highest BCUT2D eigenvalue weighted by atomic mass is 16.6.